The van der Waals surface area contributed by atoms with Crippen LogP contribution in [0.2, 0.25) is 15.1 Å². The molecular formula is C21H12Cl3O4P. The Hall–Kier alpha value is -2.23. The van der Waals surface area contributed by atoms with Crippen LogP contribution in [0.15, 0.2) is 72.8 Å². The lowest BCUT2D eigenvalue weighted by molar-refractivity contribution is 0.100. The van der Waals surface area contributed by atoms with Crippen molar-refractivity contribution in [1.29, 1.82) is 0 Å². The lowest BCUT2D eigenvalue weighted by Gasteiger charge is -2.17. The summed E-state index contributed by atoms with van der Waals surface area (Å²) in [4.78, 5) is 39.8. The molecule has 0 amide bonds. The predicted octanol–water partition coefficient (Wildman–Crippen LogP) is 6.83. The van der Waals surface area contributed by atoms with Crippen LogP contribution in [0.5, 0.6) is 0 Å². The fourth-order valence-electron chi connectivity index (χ4n) is 2.69. The molecule has 0 saturated carbocycles. The zero-order chi connectivity index (χ0) is 21.2. The normalized spacial score (nSPS) is 11.1. The Bertz CT molecular complexity index is 1040. The van der Waals surface area contributed by atoms with Crippen molar-refractivity contribution in [3.8, 4) is 0 Å². The van der Waals surface area contributed by atoms with Gasteiger partial charge in [0.15, 0.2) is 0 Å². The maximum Gasteiger partial charge on any atom is 0.287 e. The minimum atomic E-state index is -4.91. The molecule has 0 N–H and O–H groups in total. The molecule has 0 aliphatic rings. The van der Waals surface area contributed by atoms with Crippen molar-refractivity contribution >= 4 is 58.5 Å². The SMILES string of the molecule is O=C(c1ccccc1Cl)P(=O)(C(=O)c1ccccc1Cl)C(=O)c1ccccc1Cl. The van der Waals surface area contributed by atoms with E-state index in [1.54, 1.807) is 18.2 Å². The van der Waals surface area contributed by atoms with Crippen LogP contribution >= 0.6 is 41.9 Å². The highest BCUT2D eigenvalue weighted by Gasteiger charge is 2.49. The van der Waals surface area contributed by atoms with Crippen LogP contribution in [-0.2, 0) is 4.57 Å². The third-order valence-corrected chi connectivity index (χ3v) is 7.60. The van der Waals surface area contributed by atoms with E-state index in [0.29, 0.717) is 0 Å². The van der Waals surface area contributed by atoms with Crippen molar-refractivity contribution in [3.63, 3.8) is 0 Å². The zero-order valence-electron chi connectivity index (χ0n) is 14.6. The summed E-state index contributed by atoms with van der Waals surface area (Å²) in [6, 6.07) is 17.3. The monoisotopic (exact) mass is 464 g/mol. The molecule has 0 aliphatic carbocycles. The first-order valence-electron chi connectivity index (χ1n) is 8.26. The average Bonchev–Trinajstić information content (AvgIpc) is 2.72. The van der Waals surface area contributed by atoms with Crippen LogP contribution < -0.4 is 0 Å². The van der Waals surface area contributed by atoms with Gasteiger partial charge in [-0.3, -0.25) is 18.9 Å². The molecule has 3 rings (SSSR count). The van der Waals surface area contributed by atoms with Crippen molar-refractivity contribution < 1.29 is 18.9 Å². The van der Waals surface area contributed by atoms with Gasteiger partial charge in [0.2, 0.25) is 16.6 Å². The molecule has 0 bridgehead atoms. The summed E-state index contributed by atoms with van der Waals surface area (Å²) in [6.45, 7) is 0. The number of hydrogen-bond acceptors (Lipinski definition) is 4. The van der Waals surface area contributed by atoms with Crippen LogP contribution in [0, 0.1) is 0 Å². The highest BCUT2D eigenvalue weighted by molar-refractivity contribution is 8.07. The van der Waals surface area contributed by atoms with Crippen LogP contribution in [0.25, 0.3) is 0 Å². The van der Waals surface area contributed by atoms with Gasteiger partial charge in [0.25, 0.3) is 7.14 Å². The van der Waals surface area contributed by atoms with Crippen LogP contribution in [0.4, 0.5) is 0 Å². The Balaban J connectivity index is 2.26. The second kappa shape index (κ2) is 8.64. The molecule has 0 aliphatic heterocycles. The zero-order valence-corrected chi connectivity index (χ0v) is 17.8. The van der Waals surface area contributed by atoms with E-state index in [9.17, 15) is 18.9 Å². The quantitative estimate of drug-likeness (QED) is 0.374. The third-order valence-electron chi connectivity index (χ3n) is 4.17. The van der Waals surface area contributed by atoms with E-state index in [1.165, 1.54) is 54.6 Å². The van der Waals surface area contributed by atoms with Crippen molar-refractivity contribution in [2.24, 2.45) is 0 Å². The number of benzene rings is 3. The third kappa shape index (κ3) is 3.94. The molecule has 146 valence electrons. The van der Waals surface area contributed by atoms with Gasteiger partial charge in [-0.1, -0.05) is 71.2 Å². The summed E-state index contributed by atoms with van der Waals surface area (Å²) in [7, 11) is -4.91. The molecule has 4 nitrogen and oxygen atoms in total. The number of halogens is 3. The maximum atomic E-state index is 13.9. The number of rotatable bonds is 6. The lowest BCUT2D eigenvalue weighted by Crippen LogP contribution is -2.19. The van der Waals surface area contributed by atoms with E-state index in [4.69, 9.17) is 34.8 Å². The first kappa shape index (κ1) is 21.5. The van der Waals surface area contributed by atoms with Gasteiger partial charge in [-0.15, -0.1) is 0 Å². The molecule has 0 spiro atoms. The summed E-state index contributed by atoms with van der Waals surface area (Å²) in [6.07, 6.45) is 0. The summed E-state index contributed by atoms with van der Waals surface area (Å²) >= 11 is 18.2. The van der Waals surface area contributed by atoms with Gasteiger partial charge in [-0.05, 0) is 36.4 Å². The van der Waals surface area contributed by atoms with Crippen LogP contribution in [0.1, 0.15) is 31.1 Å². The highest BCUT2D eigenvalue weighted by atomic mass is 35.5. The van der Waals surface area contributed by atoms with Crippen molar-refractivity contribution in [3.05, 3.63) is 105 Å². The van der Waals surface area contributed by atoms with Crippen molar-refractivity contribution in [2.75, 3.05) is 0 Å². The average molecular weight is 466 g/mol. The topological polar surface area (TPSA) is 68.3 Å². The summed E-state index contributed by atoms with van der Waals surface area (Å²) < 4.78 is 13.9. The molecule has 3 aromatic rings. The molecule has 0 heterocycles. The predicted molar refractivity (Wildman–Crippen MR) is 115 cm³/mol. The summed E-state index contributed by atoms with van der Waals surface area (Å²) in [5, 5.41) is -0.0927. The molecule has 29 heavy (non-hydrogen) atoms. The van der Waals surface area contributed by atoms with E-state index in [2.05, 4.69) is 0 Å². The molecule has 0 unspecified atom stereocenters. The first-order valence-corrected chi connectivity index (χ1v) is 11.1. The molecule has 0 aromatic heterocycles. The van der Waals surface area contributed by atoms with Gasteiger partial charge in [-0.25, -0.2) is 0 Å². The first-order chi connectivity index (χ1) is 13.8. The second-order valence-electron chi connectivity index (χ2n) is 5.96. The Kier molecular flexibility index (Phi) is 6.40. The van der Waals surface area contributed by atoms with Gasteiger partial charge < -0.3 is 0 Å². The van der Waals surface area contributed by atoms with Gasteiger partial charge in [0.1, 0.15) is 0 Å². The standard InChI is InChI=1S/C21H12Cl3O4P/c22-16-10-4-1-7-13(16)19(25)29(28,20(26)14-8-2-5-11-17(14)23)21(27)15-9-3-6-12-18(15)24/h1-12H. The van der Waals surface area contributed by atoms with Crippen molar-refractivity contribution in [2.45, 2.75) is 0 Å². The molecule has 0 fully saturated rings. The molecular weight excluding hydrogens is 454 g/mol. The number of hydrogen-bond donors (Lipinski definition) is 0. The smallest absolute Gasteiger partial charge is 0.287 e. The van der Waals surface area contributed by atoms with Gasteiger partial charge >= 0.3 is 0 Å². The minimum Gasteiger partial charge on any atom is -0.298 e. The van der Waals surface area contributed by atoms with E-state index in [0.717, 1.165) is 0 Å². The largest absolute Gasteiger partial charge is 0.298 e. The van der Waals surface area contributed by atoms with E-state index in [-0.39, 0.29) is 31.8 Å². The molecule has 3 aromatic carbocycles. The minimum absolute atomic E-state index is 0.0309. The van der Waals surface area contributed by atoms with Gasteiger partial charge in [0.05, 0.1) is 15.1 Å². The van der Waals surface area contributed by atoms with Crippen LogP contribution in [0.3, 0.4) is 0 Å². The Morgan fingerprint density at radius 3 is 1.00 bits per heavy atom. The number of carbonyl (C=O) groups is 3. The number of carbonyl (C=O) groups excluding carboxylic acids is 3. The Morgan fingerprint density at radius 1 is 0.517 bits per heavy atom. The molecule has 8 heteroatoms. The maximum absolute atomic E-state index is 13.9. The van der Waals surface area contributed by atoms with Crippen molar-refractivity contribution in [1.82, 2.24) is 0 Å². The van der Waals surface area contributed by atoms with Gasteiger partial charge in [-0.2, -0.15) is 0 Å². The molecule has 0 atom stereocenters. The summed E-state index contributed by atoms with van der Waals surface area (Å²) in [5.41, 5.74) is -4.09. The lowest BCUT2D eigenvalue weighted by atomic mass is 10.2. The highest BCUT2D eigenvalue weighted by Crippen LogP contribution is 2.56. The Morgan fingerprint density at radius 2 is 0.759 bits per heavy atom. The Labute approximate surface area is 181 Å². The fraction of sp³-hybridized carbons (Fsp3) is 0. The van der Waals surface area contributed by atoms with E-state index < -0.39 is 23.7 Å². The summed E-state index contributed by atoms with van der Waals surface area (Å²) in [5.74, 6) is 0. The molecule has 0 saturated heterocycles. The van der Waals surface area contributed by atoms with Gasteiger partial charge in [0, 0.05) is 16.7 Å². The fourth-order valence-corrected chi connectivity index (χ4v) is 5.71. The van der Waals surface area contributed by atoms with Crippen LogP contribution in [-0.4, -0.2) is 16.6 Å². The van der Waals surface area contributed by atoms with E-state index >= 15 is 0 Å². The second-order valence-corrected chi connectivity index (χ2v) is 9.62. The molecule has 0 radical (unpaired) electrons. The van der Waals surface area contributed by atoms with E-state index in [1.807, 2.05) is 0 Å².